The molecule has 0 unspecified atom stereocenters. The maximum Gasteiger partial charge on any atom is 0.321 e. The summed E-state index contributed by atoms with van der Waals surface area (Å²) in [4.78, 5) is 18.4. The van der Waals surface area contributed by atoms with Gasteiger partial charge in [0.05, 0.1) is 0 Å². The van der Waals surface area contributed by atoms with Crippen molar-refractivity contribution in [2.45, 2.75) is 19.3 Å². The Balaban J connectivity index is 1.30. The zero-order valence-electron chi connectivity index (χ0n) is 16.2. The Morgan fingerprint density at radius 3 is 2.00 bits per heavy atom. The molecule has 7 nitrogen and oxygen atoms in total. The van der Waals surface area contributed by atoms with Crippen molar-refractivity contribution in [1.29, 1.82) is 0 Å². The Morgan fingerprint density at radius 2 is 1.41 bits per heavy atom. The molecule has 0 radical (unpaired) electrons. The third-order valence-corrected chi connectivity index (χ3v) is 5.38. The first-order valence-electron chi connectivity index (χ1n) is 9.95. The molecule has 0 atom stereocenters. The molecule has 4 rings (SSSR count). The largest absolute Gasteiger partial charge is 0.355 e. The number of rotatable bonds is 3. The summed E-state index contributed by atoms with van der Waals surface area (Å²) < 4.78 is 26.3. The second-order valence-corrected chi connectivity index (χ2v) is 7.33. The minimum absolute atomic E-state index is 0.232. The number of carbonyl (C=O) groups excluding carboxylic acids is 1. The van der Waals surface area contributed by atoms with Crippen molar-refractivity contribution in [1.82, 2.24) is 15.1 Å². The van der Waals surface area contributed by atoms with Gasteiger partial charge in [0.25, 0.3) is 0 Å². The lowest BCUT2D eigenvalue weighted by Crippen LogP contribution is -2.50. The van der Waals surface area contributed by atoms with Gasteiger partial charge >= 0.3 is 6.03 Å². The third kappa shape index (κ3) is 4.55. The van der Waals surface area contributed by atoms with Gasteiger partial charge in [-0.3, -0.25) is 0 Å². The number of aromatic nitrogens is 2. The second kappa shape index (κ2) is 8.59. The minimum atomic E-state index is -0.987. The van der Waals surface area contributed by atoms with Gasteiger partial charge in [0.2, 0.25) is 0 Å². The van der Waals surface area contributed by atoms with E-state index in [1.54, 1.807) is 4.90 Å². The fourth-order valence-electron chi connectivity index (χ4n) is 3.69. The van der Waals surface area contributed by atoms with Crippen LogP contribution in [0.1, 0.15) is 19.3 Å². The predicted molar refractivity (Wildman–Crippen MR) is 107 cm³/mol. The standard InChI is InChI=1S/C20H24F2N6O/c21-16-5-4-15(14-17(16)22)23-20(29)28-12-10-27(11-13-28)19-7-6-18(24-25-19)26-8-2-1-3-9-26/h4-7,14H,1-3,8-13H2,(H,23,29). The number of carbonyl (C=O) groups is 1. The number of urea groups is 1. The molecule has 1 N–H and O–H groups in total. The van der Waals surface area contributed by atoms with Crippen molar-refractivity contribution in [2.75, 3.05) is 54.4 Å². The molecule has 2 aliphatic rings. The number of piperazine rings is 1. The smallest absolute Gasteiger partial charge is 0.321 e. The van der Waals surface area contributed by atoms with E-state index in [0.717, 1.165) is 36.9 Å². The molecular formula is C20H24F2N6O. The number of nitrogens with one attached hydrogen (secondary N) is 1. The van der Waals surface area contributed by atoms with E-state index in [1.165, 1.54) is 25.3 Å². The van der Waals surface area contributed by atoms with E-state index < -0.39 is 11.6 Å². The molecule has 2 aliphatic heterocycles. The van der Waals surface area contributed by atoms with Crippen LogP contribution in [0.5, 0.6) is 0 Å². The van der Waals surface area contributed by atoms with Crippen LogP contribution in [0.15, 0.2) is 30.3 Å². The summed E-state index contributed by atoms with van der Waals surface area (Å²) >= 11 is 0. The van der Waals surface area contributed by atoms with E-state index in [4.69, 9.17) is 0 Å². The van der Waals surface area contributed by atoms with Gasteiger partial charge < -0.3 is 20.0 Å². The van der Waals surface area contributed by atoms with Crippen LogP contribution in [0.4, 0.5) is 30.9 Å². The quantitative estimate of drug-likeness (QED) is 0.855. The SMILES string of the molecule is O=C(Nc1ccc(F)c(F)c1)N1CCN(c2ccc(N3CCCCC3)nn2)CC1. The number of hydrogen-bond donors (Lipinski definition) is 1. The number of hydrogen-bond acceptors (Lipinski definition) is 5. The molecular weight excluding hydrogens is 378 g/mol. The monoisotopic (exact) mass is 402 g/mol. The fraction of sp³-hybridized carbons (Fsp3) is 0.450. The first kappa shape index (κ1) is 19.4. The second-order valence-electron chi connectivity index (χ2n) is 7.33. The highest BCUT2D eigenvalue weighted by Gasteiger charge is 2.23. The Labute approximate surface area is 168 Å². The molecule has 0 saturated carbocycles. The van der Waals surface area contributed by atoms with Crippen LogP contribution in [0.3, 0.4) is 0 Å². The van der Waals surface area contributed by atoms with Gasteiger partial charge in [0.1, 0.15) is 0 Å². The van der Waals surface area contributed by atoms with Gasteiger partial charge in [-0.25, -0.2) is 13.6 Å². The zero-order chi connectivity index (χ0) is 20.2. The molecule has 0 aliphatic carbocycles. The van der Waals surface area contributed by atoms with Crippen molar-refractivity contribution in [3.05, 3.63) is 42.0 Å². The van der Waals surface area contributed by atoms with Gasteiger partial charge in [-0.2, -0.15) is 0 Å². The van der Waals surface area contributed by atoms with Gasteiger partial charge in [-0.05, 0) is 43.5 Å². The van der Waals surface area contributed by atoms with Crippen LogP contribution in [-0.4, -0.2) is 60.4 Å². The summed E-state index contributed by atoms with van der Waals surface area (Å²) in [5, 5.41) is 11.4. The lowest BCUT2D eigenvalue weighted by molar-refractivity contribution is 0.208. The molecule has 0 spiro atoms. The van der Waals surface area contributed by atoms with Crippen molar-refractivity contribution in [3.8, 4) is 0 Å². The fourth-order valence-corrected chi connectivity index (χ4v) is 3.69. The highest BCUT2D eigenvalue weighted by Crippen LogP contribution is 2.20. The summed E-state index contributed by atoms with van der Waals surface area (Å²) in [6.07, 6.45) is 3.66. The Bertz CT molecular complexity index is 849. The van der Waals surface area contributed by atoms with E-state index in [9.17, 15) is 13.6 Å². The average Bonchev–Trinajstić information content (AvgIpc) is 2.77. The molecule has 2 fully saturated rings. The van der Waals surface area contributed by atoms with Crippen LogP contribution in [0.25, 0.3) is 0 Å². The topological polar surface area (TPSA) is 64.6 Å². The lowest BCUT2D eigenvalue weighted by Gasteiger charge is -2.35. The summed E-state index contributed by atoms with van der Waals surface area (Å²) in [6, 6.07) is 6.97. The van der Waals surface area contributed by atoms with Crippen molar-refractivity contribution in [3.63, 3.8) is 0 Å². The van der Waals surface area contributed by atoms with Gasteiger partial charge in [0.15, 0.2) is 23.3 Å². The van der Waals surface area contributed by atoms with E-state index in [1.807, 2.05) is 12.1 Å². The van der Waals surface area contributed by atoms with Crippen molar-refractivity contribution < 1.29 is 13.6 Å². The number of nitrogens with zero attached hydrogens (tertiary/aromatic N) is 5. The number of benzene rings is 1. The highest BCUT2D eigenvalue weighted by molar-refractivity contribution is 5.89. The molecule has 2 aromatic rings. The van der Waals surface area contributed by atoms with Crippen LogP contribution in [0, 0.1) is 11.6 Å². The molecule has 1 aromatic heterocycles. The van der Waals surface area contributed by atoms with E-state index in [-0.39, 0.29) is 11.7 Å². The van der Waals surface area contributed by atoms with Crippen molar-refractivity contribution >= 4 is 23.4 Å². The molecule has 154 valence electrons. The Morgan fingerprint density at radius 1 is 0.793 bits per heavy atom. The molecule has 29 heavy (non-hydrogen) atoms. The summed E-state index contributed by atoms with van der Waals surface area (Å²) in [5.41, 5.74) is 0.232. The number of piperidine rings is 1. The molecule has 1 aromatic carbocycles. The number of anilines is 3. The van der Waals surface area contributed by atoms with E-state index in [0.29, 0.717) is 26.2 Å². The van der Waals surface area contributed by atoms with E-state index >= 15 is 0 Å². The predicted octanol–water partition coefficient (Wildman–Crippen LogP) is 3.10. The first-order valence-corrected chi connectivity index (χ1v) is 9.95. The summed E-state index contributed by atoms with van der Waals surface area (Å²) in [6.45, 7) is 4.32. The highest BCUT2D eigenvalue weighted by atomic mass is 19.2. The number of halogens is 2. The number of amides is 2. The molecule has 3 heterocycles. The third-order valence-electron chi connectivity index (χ3n) is 5.38. The van der Waals surface area contributed by atoms with Crippen LogP contribution < -0.4 is 15.1 Å². The van der Waals surface area contributed by atoms with Crippen molar-refractivity contribution in [2.24, 2.45) is 0 Å². The zero-order valence-corrected chi connectivity index (χ0v) is 16.2. The average molecular weight is 402 g/mol. The Kier molecular flexibility index (Phi) is 5.73. The molecule has 0 bridgehead atoms. The summed E-state index contributed by atoms with van der Waals surface area (Å²) in [5.74, 6) is -0.215. The maximum absolute atomic E-state index is 13.3. The van der Waals surface area contributed by atoms with Gasteiger partial charge in [-0.15, -0.1) is 10.2 Å². The van der Waals surface area contributed by atoms with Crippen LogP contribution in [-0.2, 0) is 0 Å². The maximum atomic E-state index is 13.3. The lowest BCUT2D eigenvalue weighted by atomic mass is 10.1. The van der Waals surface area contributed by atoms with Crippen LogP contribution in [0.2, 0.25) is 0 Å². The van der Waals surface area contributed by atoms with E-state index in [2.05, 4.69) is 25.3 Å². The molecule has 2 amide bonds. The Hall–Kier alpha value is -2.97. The van der Waals surface area contributed by atoms with Gasteiger partial charge in [0, 0.05) is 51.0 Å². The summed E-state index contributed by atoms with van der Waals surface area (Å²) in [7, 11) is 0. The van der Waals surface area contributed by atoms with Crippen LogP contribution >= 0.6 is 0 Å². The minimum Gasteiger partial charge on any atom is -0.355 e. The molecule has 9 heteroatoms. The first-order chi connectivity index (χ1) is 14.1. The molecule has 2 saturated heterocycles. The normalized spacial score (nSPS) is 17.4. The van der Waals surface area contributed by atoms with Gasteiger partial charge in [-0.1, -0.05) is 0 Å².